The van der Waals surface area contributed by atoms with Gasteiger partial charge in [-0.1, -0.05) is 115 Å². The summed E-state index contributed by atoms with van der Waals surface area (Å²) in [5.74, 6) is 0.167. The van der Waals surface area contributed by atoms with E-state index in [2.05, 4.69) is 101 Å². The van der Waals surface area contributed by atoms with Crippen LogP contribution in [0.25, 0.3) is 16.7 Å². The highest BCUT2D eigenvalue weighted by atomic mass is 16.3. The minimum atomic E-state index is 0.0357. The van der Waals surface area contributed by atoms with Gasteiger partial charge >= 0.3 is 0 Å². The summed E-state index contributed by atoms with van der Waals surface area (Å²) in [5.41, 5.74) is 10.4. The number of hydrogen-bond donors (Lipinski definition) is 1. The third-order valence-electron chi connectivity index (χ3n) is 5.40. The second-order valence-corrected chi connectivity index (χ2v) is 7.96. The molecule has 1 aliphatic carbocycles. The average molecular weight is 429 g/mol. The van der Waals surface area contributed by atoms with Crippen LogP contribution in [-0.4, -0.2) is 5.11 Å². The van der Waals surface area contributed by atoms with Crippen LogP contribution in [0.4, 0.5) is 0 Å². The zero-order valence-corrected chi connectivity index (χ0v) is 21.2. The molecule has 0 radical (unpaired) electrons. The Morgan fingerprint density at radius 1 is 0.750 bits per heavy atom. The van der Waals surface area contributed by atoms with E-state index in [1.165, 1.54) is 45.9 Å². The van der Waals surface area contributed by atoms with Gasteiger partial charge in [0.2, 0.25) is 0 Å². The lowest BCUT2D eigenvalue weighted by Gasteiger charge is -2.22. The van der Waals surface area contributed by atoms with Crippen molar-refractivity contribution in [1.29, 1.82) is 0 Å². The molecule has 0 aromatic heterocycles. The summed E-state index contributed by atoms with van der Waals surface area (Å²) >= 11 is 0. The molecule has 0 bridgehead atoms. The number of rotatable bonds is 2. The van der Waals surface area contributed by atoms with Crippen molar-refractivity contribution < 1.29 is 5.11 Å². The van der Waals surface area contributed by atoms with Crippen molar-refractivity contribution in [3.8, 4) is 11.1 Å². The Bertz CT molecular complexity index is 1050. The number of aliphatic hydroxyl groups is 1. The van der Waals surface area contributed by atoms with E-state index in [1.54, 1.807) is 0 Å². The first kappa shape index (κ1) is 27.0. The fraction of sp³-hybridized carbons (Fsp3) is 0.290. The molecule has 0 saturated carbocycles. The summed E-state index contributed by atoms with van der Waals surface area (Å²) in [6.45, 7) is 23.8. The van der Waals surface area contributed by atoms with Crippen molar-refractivity contribution in [2.24, 2.45) is 0 Å². The molecule has 1 heteroatoms. The van der Waals surface area contributed by atoms with Crippen LogP contribution in [0.3, 0.4) is 0 Å². The summed E-state index contributed by atoms with van der Waals surface area (Å²) in [6.07, 6.45) is 0. The van der Waals surface area contributed by atoms with Crippen molar-refractivity contribution in [2.45, 2.75) is 60.8 Å². The van der Waals surface area contributed by atoms with Crippen LogP contribution in [-0.2, 0) is 5.41 Å². The zero-order chi connectivity index (χ0) is 24.5. The number of fused-ring (bicyclic) bond motifs is 3. The largest absolute Gasteiger partial charge is 0.513 e. The Hall–Kier alpha value is -3.06. The molecule has 170 valence electrons. The molecule has 3 aromatic rings. The third-order valence-corrected chi connectivity index (χ3v) is 5.40. The van der Waals surface area contributed by atoms with Gasteiger partial charge in [-0.25, -0.2) is 0 Å². The quantitative estimate of drug-likeness (QED) is 0.403. The lowest BCUT2D eigenvalue weighted by Crippen LogP contribution is -2.15. The summed E-state index contributed by atoms with van der Waals surface area (Å²) in [4.78, 5) is 0. The lowest BCUT2D eigenvalue weighted by molar-refractivity contribution is 0.417. The first-order valence-electron chi connectivity index (χ1n) is 11.6. The maximum absolute atomic E-state index is 7.86. The molecule has 1 aliphatic rings. The predicted octanol–water partition coefficient (Wildman–Crippen LogP) is 9.49. The van der Waals surface area contributed by atoms with Crippen molar-refractivity contribution >= 4 is 5.57 Å². The number of aliphatic hydroxyl groups excluding tert-OH is 1. The Morgan fingerprint density at radius 3 is 1.84 bits per heavy atom. The van der Waals surface area contributed by atoms with E-state index in [0.29, 0.717) is 0 Å². The minimum Gasteiger partial charge on any atom is -0.513 e. The Balaban J connectivity index is 0.000000568. The van der Waals surface area contributed by atoms with Gasteiger partial charge in [0.15, 0.2) is 0 Å². The molecule has 0 unspecified atom stereocenters. The molecule has 0 spiro atoms. The molecule has 0 heterocycles. The van der Waals surface area contributed by atoms with Gasteiger partial charge in [-0.3, -0.25) is 0 Å². The second kappa shape index (κ2) is 12.1. The van der Waals surface area contributed by atoms with Crippen LogP contribution in [0, 0.1) is 6.92 Å². The van der Waals surface area contributed by atoms with E-state index in [1.807, 2.05) is 27.7 Å². The highest BCUT2D eigenvalue weighted by molar-refractivity contribution is 5.86. The SMILES string of the molecule is C=C(C)O.C=C(c1ccc2c(c1)C(C)(C)c1ccccc1-2)c1ccccc1C.CC.CC. The molecule has 0 amide bonds. The minimum absolute atomic E-state index is 0.0357. The summed E-state index contributed by atoms with van der Waals surface area (Å²) in [6, 6.07) is 24.0. The van der Waals surface area contributed by atoms with E-state index in [0.717, 1.165) is 5.57 Å². The fourth-order valence-corrected chi connectivity index (χ4v) is 3.96. The first-order chi connectivity index (χ1) is 15.2. The number of allylic oxidation sites excluding steroid dienone is 1. The summed E-state index contributed by atoms with van der Waals surface area (Å²) in [5, 5.41) is 7.86. The molecule has 1 nitrogen and oxygen atoms in total. The summed E-state index contributed by atoms with van der Waals surface area (Å²) < 4.78 is 0. The Morgan fingerprint density at radius 2 is 1.25 bits per heavy atom. The molecule has 32 heavy (non-hydrogen) atoms. The number of hydrogen-bond acceptors (Lipinski definition) is 1. The Kier molecular flexibility index (Phi) is 10.2. The predicted molar refractivity (Wildman–Crippen MR) is 143 cm³/mol. The molecule has 0 fully saturated rings. The van der Waals surface area contributed by atoms with E-state index < -0.39 is 0 Å². The normalized spacial score (nSPS) is 11.8. The molecule has 0 aliphatic heterocycles. The topological polar surface area (TPSA) is 20.2 Å². The molecule has 0 saturated heterocycles. The Labute approximate surface area is 196 Å². The molecule has 4 rings (SSSR count). The van der Waals surface area contributed by atoms with Gasteiger partial charge in [0.1, 0.15) is 0 Å². The molecular formula is C31H40O. The van der Waals surface area contributed by atoms with Crippen LogP contribution in [0.5, 0.6) is 0 Å². The maximum Gasteiger partial charge on any atom is 0.0820 e. The van der Waals surface area contributed by atoms with Gasteiger partial charge < -0.3 is 5.11 Å². The maximum atomic E-state index is 7.86. The molecule has 1 N–H and O–H groups in total. The fourth-order valence-electron chi connectivity index (χ4n) is 3.96. The van der Waals surface area contributed by atoms with Crippen molar-refractivity contribution in [1.82, 2.24) is 0 Å². The zero-order valence-electron chi connectivity index (χ0n) is 21.2. The van der Waals surface area contributed by atoms with E-state index in [9.17, 15) is 0 Å². The van der Waals surface area contributed by atoms with Crippen LogP contribution >= 0.6 is 0 Å². The monoisotopic (exact) mass is 428 g/mol. The third kappa shape index (κ3) is 5.79. The van der Waals surface area contributed by atoms with E-state index in [-0.39, 0.29) is 11.2 Å². The number of aryl methyl sites for hydroxylation is 1. The van der Waals surface area contributed by atoms with Crippen molar-refractivity contribution in [3.63, 3.8) is 0 Å². The van der Waals surface area contributed by atoms with Gasteiger partial charge in [-0.15, -0.1) is 0 Å². The van der Waals surface area contributed by atoms with Gasteiger partial charge in [0, 0.05) is 5.41 Å². The first-order valence-corrected chi connectivity index (χ1v) is 11.6. The van der Waals surface area contributed by atoms with Crippen LogP contribution in [0.2, 0.25) is 0 Å². The second-order valence-electron chi connectivity index (χ2n) is 7.96. The van der Waals surface area contributed by atoms with Gasteiger partial charge in [0.25, 0.3) is 0 Å². The smallest absolute Gasteiger partial charge is 0.0820 e. The van der Waals surface area contributed by atoms with Crippen molar-refractivity contribution in [2.75, 3.05) is 0 Å². The van der Waals surface area contributed by atoms with Crippen LogP contribution < -0.4 is 0 Å². The standard InChI is InChI=1S/C24H22.C3H6O.2C2H6/c1-16-9-5-6-10-19(16)17(2)18-13-14-21-20-11-7-8-12-22(20)24(3,4)23(21)15-18;1-3(2)4;2*1-2/h5-15H,2H2,1,3-4H3;4H,1H2,2H3;2*1-2H3. The van der Waals surface area contributed by atoms with Gasteiger partial charge in [0.05, 0.1) is 5.76 Å². The van der Waals surface area contributed by atoms with Crippen molar-refractivity contribution in [3.05, 3.63) is 113 Å². The van der Waals surface area contributed by atoms with Crippen LogP contribution in [0.1, 0.15) is 76.3 Å². The molecular weight excluding hydrogens is 388 g/mol. The van der Waals surface area contributed by atoms with Crippen LogP contribution in [0.15, 0.2) is 85.6 Å². The molecule has 3 aromatic carbocycles. The lowest BCUT2D eigenvalue weighted by atomic mass is 9.81. The van der Waals surface area contributed by atoms with Gasteiger partial charge in [-0.2, -0.15) is 0 Å². The van der Waals surface area contributed by atoms with E-state index >= 15 is 0 Å². The van der Waals surface area contributed by atoms with E-state index in [4.69, 9.17) is 5.11 Å². The average Bonchev–Trinajstić information content (AvgIpc) is 3.03. The summed E-state index contributed by atoms with van der Waals surface area (Å²) in [7, 11) is 0. The number of benzene rings is 3. The highest BCUT2D eigenvalue weighted by Gasteiger charge is 2.35. The highest BCUT2D eigenvalue weighted by Crippen LogP contribution is 2.49. The molecule has 0 atom stereocenters. The van der Waals surface area contributed by atoms with Gasteiger partial charge in [-0.05, 0) is 64.4 Å².